The molecule has 3 aliphatic heterocycles. The Morgan fingerprint density at radius 1 is 0.855 bits per heavy atom. The number of carbonyl (C=O) groups is 8. The molecule has 1 unspecified atom stereocenters. The molecule has 0 spiro atoms. The van der Waals surface area contributed by atoms with Crippen LogP contribution in [0.3, 0.4) is 0 Å². The SMILES string of the molecule is C[C@@H](O)[C@@H]1NC(=O)C(N)C[C@@H](O)CNC(=O)[C@@H]2[C@@H](O)[C@@H](C)CN2C(=O)[C@H]([C@H](O)CC(N)=O)NC(=O)[C@H]([C@H](O)Cc2ccc(O)c(OCCCNC(=O)OC(C)(C)C)c2)NC(=O)[C@@H]2C[C@@H](O)CN2C1=O. The molecule has 0 bridgehead atoms. The highest BCUT2D eigenvalue weighted by Crippen LogP contribution is 2.29. The van der Waals surface area contributed by atoms with Crippen molar-refractivity contribution in [3.63, 3.8) is 0 Å². The highest BCUT2D eigenvalue weighted by molar-refractivity contribution is 5.98. The summed E-state index contributed by atoms with van der Waals surface area (Å²) in [7, 11) is 0. The van der Waals surface area contributed by atoms with Crippen LogP contribution in [-0.4, -0.2) is 204 Å². The van der Waals surface area contributed by atoms with Gasteiger partial charge in [0.25, 0.3) is 0 Å². The van der Waals surface area contributed by atoms with Gasteiger partial charge < -0.3 is 93.1 Å². The van der Waals surface area contributed by atoms with Crippen molar-refractivity contribution >= 4 is 47.4 Å². The van der Waals surface area contributed by atoms with Crippen LogP contribution >= 0.6 is 0 Å². The summed E-state index contributed by atoms with van der Waals surface area (Å²) in [5.41, 5.74) is 10.9. The molecule has 0 aliphatic carbocycles. The number of nitrogens with two attached hydrogens (primary N) is 2. The van der Waals surface area contributed by atoms with E-state index >= 15 is 0 Å². The van der Waals surface area contributed by atoms with Crippen molar-refractivity contribution in [1.82, 2.24) is 36.4 Å². The number of aliphatic hydroxyl groups excluding tert-OH is 6. The van der Waals surface area contributed by atoms with E-state index in [0.717, 1.165) is 16.7 Å². The molecule has 0 radical (unpaired) electrons. The maximum atomic E-state index is 14.5. The summed E-state index contributed by atoms with van der Waals surface area (Å²) >= 11 is 0. The van der Waals surface area contributed by atoms with Crippen LogP contribution in [0, 0.1) is 5.92 Å². The van der Waals surface area contributed by atoms with Crippen LogP contribution in [0.5, 0.6) is 11.5 Å². The van der Waals surface area contributed by atoms with E-state index < -0.39 is 171 Å². The number of phenolic OH excluding ortho intramolecular Hbond substituents is 1. The van der Waals surface area contributed by atoms with Gasteiger partial charge in [-0.25, -0.2) is 4.79 Å². The van der Waals surface area contributed by atoms with E-state index in [1.807, 2.05) is 0 Å². The highest BCUT2D eigenvalue weighted by atomic mass is 16.6. The second kappa shape index (κ2) is 24.1. The fraction of sp³-hybridized carbons (Fsp3) is 0.674. The lowest BCUT2D eigenvalue weighted by Crippen LogP contribution is -2.64. The minimum absolute atomic E-state index is 0.0222. The molecule has 3 fully saturated rings. The average Bonchev–Trinajstić information content (AvgIpc) is 3.79. The molecule has 26 heteroatoms. The van der Waals surface area contributed by atoms with E-state index in [4.69, 9.17) is 20.9 Å². The number of aromatic hydroxyl groups is 1. The van der Waals surface area contributed by atoms with Crippen molar-refractivity contribution in [3.05, 3.63) is 23.8 Å². The van der Waals surface area contributed by atoms with Crippen molar-refractivity contribution in [3.8, 4) is 11.5 Å². The Bertz CT molecular complexity index is 2040. The number of rotatable bonds is 12. The van der Waals surface area contributed by atoms with Gasteiger partial charge in [-0.2, -0.15) is 0 Å². The number of amides is 8. The summed E-state index contributed by atoms with van der Waals surface area (Å²) in [5, 5.41) is 88.7. The Morgan fingerprint density at radius 2 is 1.49 bits per heavy atom. The maximum Gasteiger partial charge on any atom is 0.407 e. The number of fused-ring (bicyclic) bond motifs is 2. The van der Waals surface area contributed by atoms with Crippen molar-refractivity contribution < 1.29 is 83.6 Å². The third-order valence-electron chi connectivity index (χ3n) is 11.6. The second-order valence-corrected chi connectivity index (χ2v) is 18.7. The van der Waals surface area contributed by atoms with Gasteiger partial charge in [-0.1, -0.05) is 13.0 Å². The predicted octanol–water partition coefficient (Wildman–Crippen LogP) is -5.96. The van der Waals surface area contributed by atoms with Crippen LogP contribution in [0.4, 0.5) is 4.79 Å². The number of ether oxygens (including phenoxy) is 2. The number of primary amides is 1. The van der Waals surface area contributed by atoms with Gasteiger partial charge >= 0.3 is 6.09 Å². The molecular weight excluding hydrogens is 915 g/mol. The Balaban J connectivity index is 1.73. The van der Waals surface area contributed by atoms with Crippen LogP contribution in [0.2, 0.25) is 0 Å². The number of phenols is 1. The summed E-state index contributed by atoms with van der Waals surface area (Å²) < 4.78 is 10.9. The number of hydrogen-bond acceptors (Lipinski definition) is 18. The van der Waals surface area contributed by atoms with E-state index in [2.05, 4.69) is 26.6 Å². The van der Waals surface area contributed by atoms with E-state index in [9.17, 15) is 74.1 Å². The lowest BCUT2D eigenvalue weighted by molar-refractivity contribution is -0.147. The monoisotopic (exact) mass is 981 g/mol. The van der Waals surface area contributed by atoms with Gasteiger partial charge in [0.15, 0.2) is 11.5 Å². The van der Waals surface area contributed by atoms with Crippen LogP contribution in [0.15, 0.2) is 18.2 Å². The third kappa shape index (κ3) is 15.3. The summed E-state index contributed by atoms with van der Waals surface area (Å²) in [6.45, 7) is 6.42. The topological polar surface area (TPSA) is 415 Å². The molecule has 8 amide bonds. The minimum atomic E-state index is -2.14. The van der Waals surface area contributed by atoms with Gasteiger partial charge in [-0.05, 0) is 58.2 Å². The molecular formula is C43H67N9O17. The predicted molar refractivity (Wildman–Crippen MR) is 238 cm³/mol. The zero-order valence-corrected chi connectivity index (χ0v) is 39.1. The quantitative estimate of drug-likeness (QED) is 0.0867. The van der Waals surface area contributed by atoms with E-state index in [1.165, 1.54) is 25.1 Å². The molecule has 16 N–H and O–H groups in total. The Labute approximate surface area is 397 Å². The van der Waals surface area contributed by atoms with Crippen LogP contribution in [0.1, 0.15) is 65.9 Å². The zero-order chi connectivity index (χ0) is 51.7. The lowest BCUT2D eigenvalue weighted by Gasteiger charge is -2.33. The molecule has 1 aromatic rings. The molecule has 26 nitrogen and oxygen atoms in total. The fourth-order valence-electron chi connectivity index (χ4n) is 8.06. The van der Waals surface area contributed by atoms with E-state index in [1.54, 1.807) is 20.8 Å². The molecule has 386 valence electrons. The molecule has 3 aliphatic rings. The second-order valence-electron chi connectivity index (χ2n) is 18.7. The number of nitrogens with one attached hydrogen (secondary N) is 5. The van der Waals surface area contributed by atoms with Gasteiger partial charge in [-0.3, -0.25) is 33.6 Å². The van der Waals surface area contributed by atoms with Crippen molar-refractivity contribution in [2.24, 2.45) is 17.4 Å². The number of alkyl carbamates (subject to hydrolysis) is 1. The number of hydrogen-bond donors (Lipinski definition) is 14. The van der Waals surface area contributed by atoms with Gasteiger partial charge in [0.1, 0.15) is 35.8 Å². The van der Waals surface area contributed by atoms with Crippen molar-refractivity contribution in [2.75, 3.05) is 32.8 Å². The first kappa shape index (κ1) is 55.7. The van der Waals surface area contributed by atoms with Crippen molar-refractivity contribution in [2.45, 2.75) is 145 Å². The summed E-state index contributed by atoms with van der Waals surface area (Å²) in [6, 6.07) is -7.04. The van der Waals surface area contributed by atoms with Gasteiger partial charge in [0.2, 0.25) is 41.4 Å². The number of β-amino-alcohol motifs (C(OH)–C–C–N with tert-alkyl or cyclic N) is 1. The number of benzene rings is 1. The molecule has 0 aromatic heterocycles. The molecule has 1 aromatic carbocycles. The minimum Gasteiger partial charge on any atom is -0.504 e. The Kier molecular flexibility index (Phi) is 19.4. The summed E-state index contributed by atoms with van der Waals surface area (Å²) in [4.78, 5) is 110. The summed E-state index contributed by atoms with van der Waals surface area (Å²) in [6.07, 6.45) is -12.9. The standard InChI is InChI=1S/C43H67N9O17/c1-19-17-52-34(35(19)60)39(64)47-16-22(54)13-24(44)36(61)48-31(20(2)53)40(65)51-18-23(55)14-25(51)37(62)49-32(38(63)50-33(41(52)66)28(58)15-30(45)59)27(57)11-21-7-8-26(56)29(12-21)68-10-6-9-46-42(67)69-43(3,4)5/h7-8,12,19-20,22-25,27-28,31-35,53-58,60H,6,9-11,13-18,44H2,1-5H3,(H2,45,59)(H,46,67)(H,47,64)(H,48,61)(H,49,62)(H,50,63)/t19-,20+,22+,23+,24?,25-,27+,28+,31-,32-,33-,34-,35-/m0/s1. The van der Waals surface area contributed by atoms with Gasteiger partial charge in [0, 0.05) is 44.9 Å². The normalized spacial score (nSPS) is 29.2. The fourth-order valence-corrected chi connectivity index (χ4v) is 8.06. The lowest BCUT2D eigenvalue weighted by atomic mass is 9.98. The van der Waals surface area contributed by atoms with E-state index in [-0.39, 0.29) is 43.2 Å². The van der Waals surface area contributed by atoms with Crippen LogP contribution in [-0.2, 0) is 44.7 Å². The molecule has 4 rings (SSSR count). The molecule has 3 saturated heterocycles. The Hall–Kier alpha value is -5.90. The number of carbonyl (C=O) groups excluding carboxylic acids is 8. The first-order valence-corrected chi connectivity index (χ1v) is 22.5. The average molecular weight is 982 g/mol. The highest BCUT2D eigenvalue weighted by Gasteiger charge is 2.49. The first-order valence-electron chi connectivity index (χ1n) is 22.5. The van der Waals surface area contributed by atoms with Gasteiger partial charge in [-0.15, -0.1) is 0 Å². The van der Waals surface area contributed by atoms with Crippen LogP contribution in [0.25, 0.3) is 0 Å². The van der Waals surface area contributed by atoms with Crippen LogP contribution < -0.4 is 42.8 Å². The molecule has 0 saturated carbocycles. The number of aliphatic hydroxyl groups is 6. The molecule has 69 heavy (non-hydrogen) atoms. The van der Waals surface area contributed by atoms with Crippen molar-refractivity contribution in [1.29, 1.82) is 0 Å². The summed E-state index contributed by atoms with van der Waals surface area (Å²) in [5.74, 6) is -9.22. The first-order chi connectivity index (χ1) is 32.2. The third-order valence-corrected chi connectivity index (χ3v) is 11.6. The van der Waals surface area contributed by atoms with Gasteiger partial charge in [0.05, 0.1) is 55.7 Å². The largest absolute Gasteiger partial charge is 0.504 e. The maximum absolute atomic E-state index is 14.5. The van der Waals surface area contributed by atoms with E-state index in [0.29, 0.717) is 0 Å². The smallest absolute Gasteiger partial charge is 0.407 e. The zero-order valence-electron chi connectivity index (χ0n) is 39.1. The molecule has 3 heterocycles. The number of nitrogens with zero attached hydrogens (tertiary/aromatic N) is 2. The molecule has 13 atom stereocenters. The Morgan fingerprint density at radius 3 is 2.13 bits per heavy atom.